The fraction of sp³-hybridized carbons (Fsp3) is 0.353. The smallest absolute Gasteiger partial charge is 0.375 e. The van der Waals surface area contributed by atoms with E-state index in [1.165, 1.54) is 25.1 Å². The van der Waals surface area contributed by atoms with Crippen LogP contribution in [0.3, 0.4) is 0 Å². The number of aryl methyl sites for hydroxylation is 1. The molecule has 134 valence electrons. The number of benzene rings is 1. The Kier molecular flexibility index (Phi) is 5.41. The summed E-state index contributed by atoms with van der Waals surface area (Å²) in [7, 11) is 0. The van der Waals surface area contributed by atoms with Gasteiger partial charge >= 0.3 is 12.0 Å². The second kappa shape index (κ2) is 7.33. The van der Waals surface area contributed by atoms with Crippen molar-refractivity contribution in [2.45, 2.75) is 39.8 Å². The molecule has 0 bridgehead atoms. The van der Waals surface area contributed by atoms with E-state index in [2.05, 4.69) is 10.6 Å². The predicted octanol–water partition coefficient (Wildman–Crippen LogP) is 2.66. The number of ether oxygens (including phenoxy) is 1. The molecule has 1 atom stereocenters. The maximum Gasteiger partial charge on any atom is 0.375 e. The zero-order chi connectivity index (χ0) is 18.7. The minimum absolute atomic E-state index is 0.119. The van der Waals surface area contributed by atoms with Gasteiger partial charge < -0.3 is 14.5 Å². The molecule has 0 radical (unpaired) electrons. The normalized spacial score (nSPS) is 12.1. The topological polar surface area (TPSA) is 97.6 Å². The summed E-state index contributed by atoms with van der Waals surface area (Å²) in [4.78, 5) is 35.6. The molecule has 25 heavy (non-hydrogen) atoms. The quantitative estimate of drug-likeness (QED) is 0.826. The fourth-order valence-electron chi connectivity index (χ4n) is 2.17. The van der Waals surface area contributed by atoms with Crippen molar-refractivity contribution < 1.29 is 27.9 Å². The van der Waals surface area contributed by atoms with Crippen LogP contribution in [0.4, 0.5) is 9.18 Å². The van der Waals surface area contributed by atoms with E-state index in [-0.39, 0.29) is 11.8 Å². The highest BCUT2D eigenvalue weighted by Gasteiger charge is 2.25. The van der Waals surface area contributed by atoms with Gasteiger partial charge in [-0.25, -0.2) is 14.0 Å². The van der Waals surface area contributed by atoms with Crippen LogP contribution >= 0.6 is 0 Å². The Morgan fingerprint density at radius 2 is 1.88 bits per heavy atom. The molecule has 2 N–H and O–H groups in total. The summed E-state index contributed by atoms with van der Waals surface area (Å²) >= 11 is 0. The Bertz CT molecular complexity index is 828. The summed E-state index contributed by atoms with van der Waals surface area (Å²) in [6.07, 6.45) is -1.21. The van der Waals surface area contributed by atoms with Gasteiger partial charge in [0.1, 0.15) is 11.4 Å². The fourth-order valence-corrected chi connectivity index (χ4v) is 2.17. The van der Waals surface area contributed by atoms with Crippen molar-refractivity contribution in [2.24, 2.45) is 0 Å². The number of carbonyl (C=O) groups excluding carboxylic acids is 3. The van der Waals surface area contributed by atoms with E-state index in [0.717, 1.165) is 0 Å². The van der Waals surface area contributed by atoms with E-state index >= 15 is 0 Å². The Morgan fingerprint density at radius 1 is 1.20 bits per heavy atom. The molecule has 3 amide bonds. The molecule has 0 fully saturated rings. The SMILES string of the molecule is Cc1c(C(=O)OC(C)C(=O)NC(=O)NC(C)C)oc2ccc(F)cc12. The summed E-state index contributed by atoms with van der Waals surface area (Å²) < 4.78 is 23.7. The molecular formula is C17H19FN2O5. The van der Waals surface area contributed by atoms with Crippen LogP contribution in [0.15, 0.2) is 22.6 Å². The molecule has 0 saturated heterocycles. The minimum Gasteiger partial charge on any atom is -0.449 e. The number of amides is 3. The van der Waals surface area contributed by atoms with Gasteiger partial charge in [-0.15, -0.1) is 0 Å². The number of carbonyl (C=O) groups is 3. The van der Waals surface area contributed by atoms with Gasteiger partial charge in [-0.05, 0) is 45.9 Å². The van der Waals surface area contributed by atoms with Gasteiger partial charge in [0.25, 0.3) is 5.91 Å². The Hall–Kier alpha value is -2.90. The van der Waals surface area contributed by atoms with E-state index in [1.807, 2.05) is 0 Å². The lowest BCUT2D eigenvalue weighted by Crippen LogP contribution is -2.46. The van der Waals surface area contributed by atoms with E-state index < -0.39 is 29.8 Å². The van der Waals surface area contributed by atoms with E-state index in [9.17, 15) is 18.8 Å². The number of imide groups is 1. The maximum absolute atomic E-state index is 13.3. The first-order valence-electron chi connectivity index (χ1n) is 7.70. The number of furan rings is 1. The van der Waals surface area contributed by atoms with Crippen LogP contribution in [0.5, 0.6) is 0 Å². The van der Waals surface area contributed by atoms with Crippen LogP contribution in [-0.4, -0.2) is 30.1 Å². The number of fused-ring (bicyclic) bond motifs is 1. The number of rotatable bonds is 4. The molecule has 2 rings (SSSR count). The van der Waals surface area contributed by atoms with Crippen LogP contribution in [-0.2, 0) is 9.53 Å². The second-order valence-electron chi connectivity index (χ2n) is 5.86. The van der Waals surface area contributed by atoms with E-state index in [1.54, 1.807) is 20.8 Å². The van der Waals surface area contributed by atoms with Gasteiger partial charge in [-0.3, -0.25) is 10.1 Å². The van der Waals surface area contributed by atoms with Crippen molar-refractivity contribution in [3.05, 3.63) is 35.3 Å². The molecule has 1 unspecified atom stereocenters. The summed E-state index contributed by atoms with van der Waals surface area (Å²) in [6.45, 7) is 6.39. The van der Waals surface area contributed by atoms with Crippen LogP contribution in [0.1, 0.15) is 36.9 Å². The number of esters is 1. The molecule has 1 heterocycles. The van der Waals surface area contributed by atoms with Crippen LogP contribution in [0.25, 0.3) is 11.0 Å². The van der Waals surface area contributed by atoms with E-state index in [4.69, 9.17) is 9.15 Å². The highest BCUT2D eigenvalue weighted by atomic mass is 19.1. The Labute approximate surface area is 143 Å². The molecule has 0 spiro atoms. The third-order valence-electron chi connectivity index (χ3n) is 3.39. The highest BCUT2D eigenvalue weighted by molar-refractivity contribution is 6.00. The van der Waals surface area contributed by atoms with Crippen molar-refractivity contribution in [2.75, 3.05) is 0 Å². The average molecular weight is 350 g/mol. The van der Waals surface area contributed by atoms with Gasteiger partial charge in [0.2, 0.25) is 5.76 Å². The van der Waals surface area contributed by atoms with Crippen molar-refractivity contribution in [1.82, 2.24) is 10.6 Å². The molecule has 1 aromatic heterocycles. The molecule has 2 aromatic rings. The first-order valence-corrected chi connectivity index (χ1v) is 7.70. The van der Waals surface area contributed by atoms with Crippen molar-refractivity contribution in [1.29, 1.82) is 0 Å². The average Bonchev–Trinajstić information content (AvgIpc) is 2.83. The molecular weight excluding hydrogens is 331 g/mol. The lowest BCUT2D eigenvalue weighted by molar-refractivity contribution is -0.128. The number of halogens is 1. The predicted molar refractivity (Wildman–Crippen MR) is 87.6 cm³/mol. The molecule has 8 heteroatoms. The minimum atomic E-state index is -1.21. The van der Waals surface area contributed by atoms with Gasteiger partial charge in [-0.1, -0.05) is 0 Å². The zero-order valence-electron chi connectivity index (χ0n) is 14.3. The van der Waals surface area contributed by atoms with Gasteiger partial charge in [0.05, 0.1) is 0 Å². The molecule has 0 aliphatic carbocycles. The number of urea groups is 1. The van der Waals surface area contributed by atoms with Crippen LogP contribution in [0.2, 0.25) is 0 Å². The summed E-state index contributed by atoms with van der Waals surface area (Å²) in [5.74, 6) is -2.22. The summed E-state index contributed by atoms with van der Waals surface area (Å²) in [5, 5.41) is 5.00. The third-order valence-corrected chi connectivity index (χ3v) is 3.39. The van der Waals surface area contributed by atoms with Crippen molar-refractivity contribution in [3.8, 4) is 0 Å². The number of hydrogen-bond acceptors (Lipinski definition) is 5. The molecule has 0 aliphatic heterocycles. The Morgan fingerprint density at radius 3 is 2.52 bits per heavy atom. The summed E-state index contributed by atoms with van der Waals surface area (Å²) in [5.41, 5.74) is 0.740. The molecule has 0 saturated carbocycles. The van der Waals surface area contributed by atoms with Gasteiger partial charge in [0.15, 0.2) is 6.10 Å². The molecule has 7 nitrogen and oxygen atoms in total. The monoisotopic (exact) mass is 350 g/mol. The number of nitrogens with one attached hydrogen (secondary N) is 2. The number of hydrogen-bond donors (Lipinski definition) is 2. The maximum atomic E-state index is 13.3. The van der Waals surface area contributed by atoms with Crippen LogP contribution < -0.4 is 10.6 Å². The van der Waals surface area contributed by atoms with Crippen molar-refractivity contribution >= 4 is 28.9 Å². The Balaban J connectivity index is 2.07. The van der Waals surface area contributed by atoms with Crippen molar-refractivity contribution in [3.63, 3.8) is 0 Å². The second-order valence-corrected chi connectivity index (χ2v) is 5.86. The standard InChI is InChI=1S/C17H19FN2O5/c1-8(2)19-17(23)20-15(21)10(4)24-16(22)14-9(3)12-7-11(18)5-6-13(12)25-14/h5-8,10H,1-4H3,(H2,19,20,21,23). The van der Waals surface area contributed by atoms with Crippen LogP contribution in [0, 0.1) is 12.7 Å². The van der Waals surface area contributed by atoms with Gasteiger partial charge in [0, 0.05) is 17.0 Å². The van der Waals surface area contributed by atoms with Gasteiger partial charge in [-0.2, -0.15) is 0 Å². The third kappa shape index (κ3) is 4.34. The first kappa shape index (κ1) is 18.4. The summed E-state index contributed by atoms with van der Waals surface area (Å²) in [6, 6.07) is 3.03. The lowest BCUT2D eigenvalue weighted by Gasteiger charge is -2.13. The zero-order valence-corrected chi connectivity index (χ0v) is 14.3. The lowest BCUT2D eigenvalue weighted by atomic mass is 10.1. The first-order chi connectivity index (χ1) is 11.7. The molecule has 1 aromatic carbocycles. The largest absolute Gasteiger partial charge is 0.449 e. The highest BCUT2D eigenvalue weighted by Crippen LogP contribution is 2.26. The van der Waals surface area contributed by atoms with E-state index in [0.29, 0.717) is 16.5 Å². The molecule has 0 aliphatic rings.